The molecule has 1 heterocycles. The standard InChI is InChI=1S/C14H13NO3/c1-3-6-11(16)13-12(14(17)18-2)9-7-4-5-8-10(9)15-13/h3-8,15H,1-2H3/b6-3+. The highest BCUT2D eigenvalue weighted by molar-refractivity contribution is 6.17. The third kappa shape index (κ3) is 1.93. The molecule has 2 rings (SSSR count). The first kappa shape index (κ1) is 12.1. The number of ketones is 1. The normalized spacial score (nSPS) is 11.0. The number of H-pyrrole nitrogens is 1. The minimum absolute atomic E-state index is 0.242. The van der Waals surface area contributed by atoms with Crippen LogP contribution in [-0.2, 0) is 4.74 Å². The number of benzene rings is 1. The van der Waals surface area contributed by atoms with Crippen LogP contribution in [0.4, 0.5) is 0 Å². The summed E-state index contributed by atoms with van der Waals surface area (Å²) in [4.78, 5) is 26.7. The number of aromatic amines is 1. The number of para-hydroxylation sites is 1. The van der Waals surface area contributed by atoms with Crippen molar-refractivity contribution in [3.63, 3.8) is 0 Å². The van der Waals surface area contributed by atoms with Crippen LogP contribution >= 0.6 is 0 Å². The summed E-state index contributed by atoms with van der Waals surface area (Å²) in [7, 11) is 1.30. The van der Waals surface area contributed by atoms with Gasteiger partial charge in [0.25, 0.3) is 0 Å². The third-order valence-corrected chi connectivity index (χ3v) is 2.66. The maximum atomic E-state index is 11.9. The number of esters is 1. The van der Waals surface area contributed by atoms with Crippen molar-refractivity contribution in [2.45, 2.75) is 6.92 Å². The predicted molar refractivity (Wildman–Crippen MR) is 68.8 cm³/mol. The number of fused-ring (bicyclic) bond motifs is 1. The van der Waals surface area contributed by atoms with E-state index in [1.54, 1.807) is 19.1 Å². The number of carbonyl (C=O) groups is 2. The van der Waals surface area contributed by atoms with E-state index in [0.29, 0.717) is 5.39 Å². The van der Waals surface area contributed by atoms with E-state index in [2.05, 4.69) is 4.98 Å². The molecule has 0 atom stereocenters. The minimum Gasteiger partial charge on any atom is -0.465 e. The molecule has 0 saturated carbocycles. The van der Waals surface area contributed by atoms with Crippen LogP contribution in [0.2, 0.25) is 0 Å². The van der Waals surface area contributed by atoms with Gasteiger partial charge in [-0.2, -0.15) is 0 Å². The van der Waals surface area contributed by atoms with Gasteiger partial charge in [0, 0.05) is 10.9 Å². The lowest BCUT2D eigenvalue weighted by molar-refractivity contribution is 0.0600. The van der Waals surface area contributed by atoms with Crippen LogP contribution < -0.4 is 0 Å². The van der Waals surface area contributed by atoms with Crippen molar-refractivity contribution in [3.05, 3.63) is 47.7 Å². The Kier molecular flexibility index (Phi) is 3.28. The average molecular weight is 243 g/mol. The fourth-order valence-electron chi connectivity index (χ4n) is 1.88. The molecule has 4 nitrogen and oxygen atoms in total. The summed E-state index contributed by atoms with van der Waals surface area (Å²) in [5.41, 5.74) is 1.29. The molecule has 92 valence electrons. The second kappa shape index (κ2) is 4.87. The molecule has 18 heavy (non-hydrogen) atoms. The monoisotopic (exact) mass is 243 g/mol. The number of hydrogen-bond acceptors (Lipinski definition) is 3. The largest absolute Gasteiger partial charge is 0.465 e. The molecule has 0 radical (unpaired) electrons. The molecule has 2 aromatic rings. The molecule has 0 spiro atoms. The number of ether oxygens (including phenoxy) is 1. The molecule has 1 N–H and O–H groups in total. The van der Waals surface area contributed by atoms with Gasteiger partial charge in [0.1, 0.15) is 5.69 Å². The Balaban J connectivity index is 2.72. The summed E-state index contributed by atoms with van der Waals surface area (Å²) in [5.74, 6) is -0.755. The molecular formula is C14H13NO3. The van der Waals surface area contributed by atoms with Gasteiger partial charge in [-0.05, 0) is 19.1 Å². The Morgan fingerprint density at radius 2 is 2.00 bits per heavy atom. The summed E-state index contributed by atoms with van der Waals surface area (Å²) < 4.78 is 4.74. The van der Waals surface area contributed by atoms with Crippen LogP contribution in [0.3, 0.4) is 0 Å². The molecule has 0 bridgehead atoms. The molecule has 0 aliphatic heterocycles. The molecule has 1 aromatic carbocycles. The lowest BCUT2D eigenvalue weighted by atomic mass is 10.1. The van der Waals surface area contributed by atoms with E-state index in [9.17, 15) is 9.59 Å². The van der Waals surface area contributed by atoms with Crippen molar-refractivity contribution < 1.29 is 14.3 Å². The molecule has 0 aliphatic carbocycles. The van der Waals surface area contributed by atoms with Crippen LogP contribution in [0, 0.1) is 0 Å². The zero-order valence-corrected chi connectivity index (χ0v) is 10.2. The fourth-order valence-corrected chi connectivity index (χ4v) is 1.88. The fraction of sp³-hybridized carbons (Fsp3) is 0.143. The van der Waals surface area contributed by atoms with Gasteiger partial charge in [-0.15, -0.1) is 0 Å². The highest BCUT2D eigenvalue weighted by Crippen LogP contribution is 2.23. The third-order valence-electron chi connectivity index (χ3n) is 2.66. The molecule has 0 aliphatic rings. The Labute approximate surface area is 104 Å². The van der Waals surface area contributed by atoms with Crippen molar-refractivity contribution in [2.24, 2.45) is 0 Å². The maximum Gasteiger partial charge on any atom is 0.340 e. The number of aromatic nitrogens is 1. The van der Waals surface area contributed by atoms with Crippen LogP contribution in [-0.4, -0.2) is 23.8 Å². The van der Waals surface area contributed by atoms with Crippen molar-refractivity contribution >= 4 is 22.7 Å². The van der Waals surface area contributed by atoms with Gasteiger partial charge in [0.05, 0.1) is 12.7 Å². The van der Waals surface area contributed by atoms with Gasteiger partial charge in [0.15, 0.2) is 0 Å². The average Bonchev–Trinajstić information content (AvgIpc) is 2.77. The van der Waals surface area contributed by atoms with Crippen LogP contribution in [0.15, 0.2) is 36.4 Å². The van der Waals surface area contributed by atoms with Gasteiger partial charge >= 0.3 is 5.97 Å². The summed E-state index contributed by atoms with van der Waals surface area (Å²) in [5, 5.41) is 0.692. The first-order valence-corrected chi connectivity index (χ1v) is 5.55. The van der Waals surface area contributed by atoms with Gasteiger partial charge < -0.3 is 9.72 Å². The van der Waals surface area contributed by atoms with E-state index >= 15 is 0 Å². The van der Waals surface area contributed by atoms with E-state index in [1.807, 2.05) is 18.2 Å². The number of methoxy groups -OCH3 is 1. The van der Waals surface area contributed by atoms with Crippen LogP contribution in [0.5, 0.6) is 0 Å². The molecule has 0 saturated heterocycles. The smallest absolute Gasteiger partial charge is 0.340 e. The summed E-state index contributed by atoms with van der Waals surface area (Å²) in [6, 6.07) is 7.25. The van der Waals surface area contributed by atoms with Crippen LogP contribution in [0.1, 0.15) is 27.8 Å². The maximum absolute atomic E-state index is 11.9. The van der Waals surface area contributed by atoms with Gasteiger partial charge in [-0.25, -0.2) is 4.79 Å². The molecule has 0 amide bonds. The lowest BCUT2D eigenvalue weighted by Crippen LogP contribution is -2.07. The number of hydrogen-bond donors (Lipinski definition) is 1. The van der Waals surface area contributed by atoms with Crippen LogP contribution in [0.25, 0.3) is 10.9 Å². The second-order valence-corrected chi connectivity index (χ2v) is 3.78. The molecule has 4 heteroatoms. The molecular weight excluding hydrogens is 230 g/mol. The van der Waals surface area contributed by atoms with E-state index in [-0.39, 0.29) is 17.0 Å². The van der Waals surface area contributed by atoms with Gasteiger partial charge in [-0.3, -0.25) is 4.79 Å². The Hall–Kier alpha value is -2.36. The van der Waals surface area contributed by atoms with E-state index in [0.717, 1.165) is 5.52 Å². The van der Waals surface area contributed by atoms with Gasteiger partial charge in [-0.1, -0.05) is 24.3 Å². The molecule has 0 unspecified atom stereocenters. The number of nitrogens with one attached hydrogen (secondary N) is 1. The van der Waals surface area contributed by atoms with E-state index < -0.39 is 5.97 Å². The summed E-state index contributed by atoms with van der Waals surface area (Å²) in [6.07, 6.45) is 3.05. The van der Waals surface area contributed by atoms with E-state index in [4.69, 9.17) is 4.74 Å². The quantitative estimate of drug-likeness (QED) is 0.512. The van der Waals surface area contributed by atoms with E-state index in [1.165, 1.54) is 13.2 Å². The topological polar surface area (TPSA) is 59.2 Å². The summed E-state index contributed by atoms with van der Waals surface area (Å²) in [6.45, 7) is 1.75. The zero-order chi connectivity index (χ0) is 13.1. The Morgan fingerprint density at radius 3 is 2.67 bits per heavy atom. The molecule has 0 fully saturated rings. The van der Waals surface area contributed by atoms with Crippen molar-refractivity contribution in [3.8, 4) is 0 Å². The first-order valence-electron chi connectivity index (χ1n) is 5.55. The number of allylic oxidation sites excluding steroid dienone is 2. The number of rotatable bonds is 3. The van der Waals surface area contributed by atoms with Gasteiger partial charge in [0.2, 0.25) is 5.78 Å². The highest BCUT2D eigenvalue weighted by Gasteiger charge is 2.21. The zero-order valence-electron chi connectivity index (χ0n) is 10.2. The highest BCUT2D eigenvalue weighted by atomic mass is 16.5. The first-order chi connectivity index (χ1) is 8.69. The number of carbonyl (C=O) groups excluding carboxylic acids is 2. The second-order valence-electron chi connectivity index (χ2n) is 3.78. The van der Waals surface area contributed by atoms with Crippen molar-refractivity contribution in [1.29, 1.82) is 0 Å². The lowest BCUT2D eigenvalue weighted by Gasteiger charge is -1.99. The molecule has 1 aromatic heterocycles. The Morgan fingerprint density at radius 1 is 1.28 bits per heavy atom. The summed E-state index contributed by atoms with van der Waals surface area (Å²) >= 11 is 0. The minimum atomic E-state index is -0.514. The van der Waals surface area contributed by atoms with Crippen molar-refractivity contribution in [2.75, 3.05) is 7.11 Å². The SMILES string of the molecule is C/C=C/C(=O)c1[nH]c2ccccc2c1C(=O)OC. The van der Waals surface area contributed by atoms with Crippen molar-refractivity contribution in [1.82, 2.24) is 4.98 Å². The Bertz CT molecular complexity index is 638. The predicted octanol–water partition coefficient (Wildman–Crippen LogP) is 2.71.